The fourth-order valence-corrected chi connectivity index (χ4v) is 1.70. The summed E-state index contributed by atoms with van der Waals surface area (Å²) in [5.74, 6) is 0.712. The lowest BCUT2D eigenvalue weighted by Gasteiger charge is -2.23. The molecule has 3 heteroatoms. The summed E-state index contributed by atoms with van der Waals surface area (Å²) in [6, 6.07) is 8.61. The fourth-order valence-electron chi connectivity index (χ4n) is 1.12. The molecular weight excluding hydrogens is 194 g/mol. The number of hydrogen-bond acceptors (Lipinski definition) is 2. The average molecular weight is 212 g/mol. The Bertz CT molecular complexity index is 276. The van der Waals surface area contributed by atoms with E-state index in [0.29, 0.717) is 5.94 Å². The van der Waals surface area contributed by atoms with Gasteiger partial charge >= 0.3 is 0 Å². The number of thioether (sulfide) groups is 1. The van der Waals surface area contributed by atoms with Gasteiger partial charge in [0.15, 0.2) is 0 Å². The summed E-state index contributed by atoms with van der Waals surface area (Å²) in [4.78, 5) is 1.25. The van der Waals surface area contributed by atoms with Gasteiger partial charge in [0.2, 0.25) is 0 Å². The summed E-state index contributed by atoms with van der Waals surface area (Å²) in [5.41, 5.74) is 1.31. The molecule has 0 bridgehead atoms. The highest BCUT2D eigenvalue weighted by Crippen LogP contribution is 2.23. The van der Waals surface area contributed by atoms with Gasteiger partial charge in [0.05, 0.1) is 27.1 Å². The van der Waals surface area contributed by atoms with Crippen LogP contribution in [0, 0.1) is 0 Å². The van der Waals surface area contributed by atoms with Crippen molar-refractivity contribution in [2.45, 2.75) is 4.90 Å². The number of methoxy groups -OCH3 is 1. The SMILES string of the molecule is COCSc1ccc([N+](C)(C)C)cc1. The molecule has 0 aliphatic carbocycles. The molecule has 78 valence electrons. The molecule has 14 heavy (non-hydrogen) atoms. The van der Waals surface area contributed by atoms with Gasteiger partial charge in [0.1, 0.15) is 5.69 Å². The Morgan fingerprint density at radius 2 is 1.71 bits per heavy atom. The first-order chi connectivity index (χ1) is 6.54. The minimum atomic E-state index is 0.712. The van der Waals surface area contributed by atoms with Gasteiger partial charge in [-0.15, -0.1) is 0 Å². The number of nitrogens with zero attached hydrogens (tertiary/aromatic N) is 1. The van der Waals surface area contributed by atoms with Crippen LogP contribution in [0.2, 0.25) is 0 Å². The van der Waals surface area contributed by atoms with E-state index in [-0.39, 0.29) is 0 Å². The fraction of sp³-hybridized carbons (Fsp3) is 0.455. The van der Waals surface area contributed by atoms with Crippen LogP contribution < -0.4 is 4.48 Å². The second-order valence-corrected chi connectivity index (χ2v) is 5.05. The lowest BCUT2D eigenvalue weighted by Crippen LogP contribution is -2.34. The topological polar surface area (TPSA) is 9.23 Å². The monoisotopic (exact) mass is 212 g/mol. The van der Waals surface area contributed by atoms with Crippen LogP contribution in [0.4, 0.5) is 5.69 Å². The number of ether oxygens (including phenoxy) is 1. The number of benzene rings is 1. The normalized spacial score (nSPS) is 11.7. The molecule has 0 unspecified atom stereocenters. The van der Waals surface area contributed by atoms with Crippen LogP contribution in [0.1, 0.15) is 0 Å². The van der Waals surface area contributed by atoms with E-state index < -0.39 is 0 Å². The zero-order valence-corrected chi connectivity index (χ0v) is 10.1. The third-order valence-electron chi connectivity index (χ3n) is 1.95. The molecule has 1 aromatic carbocycles. The molecule has 0 spiro atoms. The molecule has 0 fully saturated rings. The zero-order chi connectivity index (χ0) is 10.6. The maximum atomic E-state index is 5.00. The van der Waals surface area contributed by atoms with Crippen molar-refractivity contribution < 1.29 is 4.74 Å². The lowest BCUT2D eigenvalue weighted by molar-refractivity contribution is 0.259. The number of hydrogen-bond donors (Lipinski definition) is 0. The first kappa shape index (κ1) is 11.6. The number of rotatable bonds is 4. The molecule has 1 rings (SSSR count). The van der Waals surface area contributed by atoms with E-state index in [4.69, 9.17) is 4.74 Å². The number of quaternary nitrogens is 1. The van der Waals surface area contributed by atoms with Gasteiger partial charge in [-0.1, -0.05) is 11.8 Å². The van der Waals surface area contributed by atoms with Crippen LogP contribution in [0.15, 0.2) is 29.2 Å². The average Bonchev–Trinajstić information content (AvgIpc) is 2.14. The van der Waals surface area contributed by atoms with E-state index in [0.717, 1.165) is 4.48 Å². The Labute approximate surface area is 90.5 Å². The van der Waals surface area contributed by atoms with Gasteiger partial charge < -0.3 is 4.74 Å². The van der Waals surface area contributed by atoms with Crippen molar-refractivity contribution >= 4 is 17.4 Å². The van der Waals surface area contributed by atoms with Gasteiger partial charge in [-0.2, -0.15) is 0 Å². The van der Waals surface area contributed by atoms with E-state index in [1.165, 1.54) is 10.6 Å². The first-order valence-electron chi connectivity index (χ1n) is 4.58. The van der Waals surface area contributed by atoms with Crippen molar-refractivity contribution in [3.05, 3.63) is 24.3 Å². The third-order valence-corrected chi connectivity index (χ3v) is 2.91. The molecule has 0 atom stereocenters. The van der Waals surface area contributed by atoms with Gasteiger partial charge in [0.25, 0.3) is 0 Å². The highest BCUT2D eigenvalue weighted by molar-refractivity contribution is 7.99. The third kappa shape index (κ3) is 3.33. The van der Waals surface area contributed by atoms with Crippen LogP contribution in [-0.4, -0.2) is 34.2 Å². The highest BCUT2D eigenvalue weighted by Gasteiger charge is 2.10. The smallest absolute Gasteiger partial charge is 0.132 e. The predicted molar refractivity (Wildman–Crippen MR) is 63.7 cm³/mol. The molecule has 0 aliphatic rings. The minimum absolute atomic E-state index is 0.712. The van der Waals surface area contributed by atoms with Gasteiger partial charge in [0, 0.05) is 24.1 Å². The molecule has 0 aromatic heterocycles. The molecule has 1 aromatic rings. The molecular formula is C11H18NOS+. The van der Waals surface area contributed by atoms with E-state index in [2.05, 4.69) is 45.4 Å². The Morgan fingerprint density at radius 1 is 1.14 bits per heavy atom. The molecule has 0 radical (unpaired) electrons. The second kappa shape index (κ2) is 4.82. The summed E-state index contributed by atoms with van der Waals surface area (Å²) >= 11 is 1.71. The second-order valence-electron chi connectivity index (χ2n) is 4.06. The van der Waals surface area contributed by atoms with Crippen molar-refractivity contribution in [1.82, 2.24) is 4.48 Å². The van der Waals surface area contributed by atoms with E-state index >= 15 is 0 Å². The molecule has 0 heterocycles. The zero-order valence-electron chi connectivity index (χ0n) is 9.28. The first-order valence-corrected chi connectivity index (χ1v) is 5.56. The van der Waals surface area contributed by atoms with Crippen molar-refractivity contribution in [3.63, 3.8) is 0 Å². The van der Waals surface area contributed by atoms with Crippen molar-refractivity contribution in [1.29, 1.82) is 0 Å². The maximum Gasteiger partial charge on any atom is 0.132 e. The standard InChI is InChI=1S/C11H18NOS/c1-12(2,3)10-5-7-11(8-6-10)14-9-13-4/h5-8H,9H2,1-4H3/q+1. The van der Waals surface area contributed by atoms with Gasteiger partial charge in [-0.05, 0) is 12.1 Å². The molecule has 0 saturated heterocycles. The van der Waals surface area contributed by atoms with E-state index in [1.807, 2.05) is 0 Å². The van der Waals surface area contributed by atoms with Crippen LogP contribution >= 0.6 is 11.8 Å². The summed E-state index contributed by atoms with van der Waals surface area (Å²) in [7, 11) is 8.21. The van der Waals surface area contributed by atoms with Crippen LogP contribution in [0.25, 0.3) is 0 Å². The molecule has 0 saturated carbocycles. The summed E-state index contributed by atoms with van der Waals surface area (Å²) < 4.78 is 5.86. The molecule has 0 amide bonds. The van der Waals surface area contributed by atoms with E-state index in [1.54, 1.807) is 18.9 Å². The predicted octanol–water partition coefficient (Wildman–Crippen LogP) is 2.58. The van der Waals surface area contributed by atoms with Gasteiger partial charge in [-0.25, -0.2) is 0 Å². The molecule has 0 aliphatic heterocycles. The van der Waals surface area contributed by atoms with Crippen molar-refractivity contribution in [3.8, 4) is 0 Å². The lowest BCUT2D eigenvalue weighted by atomic mass is 10.3. The Kier molecular flexibility index (Phi) is 3.98. The largest absolute Gasteiger partial charge is 0.374 e. The van der Waals surface area contributed by atoms with E-state index in [9.17, 15) is 0 Å². The Balaban J connectivity index is 2.69. The minimum Gasteiger partial charge on any atom is -0.374 e. The highest BCUT2D eigenvalue weighted by atomic mass is 32.2. The van der Waals surface area contributed by atoms with Crippen LogP contribution in [0.3, 0.4) is 0 Å². The summed E-state index contributed by atoms with van der Waals surface area (Å²) in [6.07, 6.45) is 0. The quantitative estimate of drug-likeness (QED) is 0.431. The van der Waals surface area contributed by atoms with Crippen molar-refractivity contribution in [2.24, 2.45) is 0 Å². The molecule has 0 N–H and O–H groups in total. The van der Waals surface area contributed by atoms with Gasteiger partial charge in [-0.3, -0.25) is 4.48 Å². The van der Waals surface area contributed by atoms with Crippen LogP contribution in [-0.2, 0) is 4.74 Å². The molecule has 2 nitrogen and oxygen atoms in total. The van der Waals surface area contributed by atoms with Crippen LogP contribution in [0.5, 0.6) is 0 Å². The van der Waals surface area contributed by atoms with Crippen molar-refractivity contribution in [2.75, 3.05) is 34.2 Å². The Hall–Kier alpha value is -0.510. The maximum absolute atomic E-state index is 5.00. The summed E-state index contributed by atoms with van der Waals surface area (Å²) in [5, 5.41) is 0. The Morgan fingerprint density at radius 3 is 2.14 bits per heavy atom. The summed E-state index contributed by atoms with van der Waals surface area (Å²) in [6.45, 7) is 0.